The molecule has 0 radical (unpaired) electrons. The number of rotatable bonds is 3. The van der Waals surface area contributed by atoms with Gasteiger partial charge in [-0.05, 0) is 30.5 Å². The second-order valence-electron chi connectivity index (χ2n) is 7.21. The average Bonchev–Trinajstić information content (AvgIpc) is 3.31. The van der Waals surface area contributed by atoms with Gasteiger partial charge in [0.05, 0.1) is 17.4 Å². The van der Waals surface area contributed by atoms with Crippen molar-refractivity contribution in [3.05, 3.63) is 52.7 Å². The second-order valence-corrected chi connectivity index (χ2v) is 7.21. The van der Waals surface area contributed by atoms with Crippen LogP contribution in [-0.4, -0.2) is 32.2 Å². The number of alkyl halides is 3. The van der Waals surface area contributed by atoms with Gasteiger partial charge in [0.1, 0.15) is 11.2 Å². The van der Waals surface area contributed by atoms with Crippen LogP contribution in [-0.2, 0) is 18.0 Å². The average molecular weight is 464 g/mol. The first-order valence-corrected chi connectivity index (χ1v) is 10.6. The number of benzene rings is 1. The molecule has 0 bridgehead atoms. The van der Waals surface area contributed by atoms with Crippen molar-refractivity contribution in [3.8, 4) is 11.1 Å². The highest BCUT2D eigenvalue weighted by Crippen LogP contribution is 2.33. The quantitative estimate of drug-likeness (QED) is 0.524. The number of carboxylic acid groups (broad SMARTS) is 1. The third-order valence-corrected chi connectivity index (χ3v) is 5.16. The molecule has 10 heteroatoms. The summed E-state index contributed by atoms with van der Waals surface area (Å²) in [6.07, 6.45) is 2.88. The summed E-state index contributed by atoms with van der Waals surface area (Å²) in [5.74, 6) is 0.478. The minimum Gasteiger partial charge on any atom is -0.483 e. The molecule has 1 fully saturated rings. The largest absolute Gasteiger partial charge is 0.483 e. The Kier molecular flexibility index (Phi) is 8.95. The number of aryl methyl sites for hydroxylation is 1. The van der Waals surface area contributed by atoms with E-state index in [0.29, 0.717) is 27.8 Å². The summed E-state index contributed by atoms with van der Waals surface area (Å²) in [5, 5.41) is 10.6. The molecule has 1 aliphatic carbocycles. The molecule has 4 rings (SSSR count). The van der Waals surface area contributed by atoms with Gasteiger partial charge in [0.2, 0.25) is 0 Å². The zero-order chi connectivity index (χ0) is 24.6. The van der Waals surface area contributed by atoms with Crippen molar-refractivity contribution in [2.75, 3.05) is 5.32 Å². The Hall–Kier alpha value is -3.43. The maximum atomic E-state index is 12.8. The first-order valence-electron chi connectivity index (χ1n) is 10.6. The van der Waals surface area contributed by atoms with Crippen molar-refractivity contribution in [2.24, 2.45) is 7.05 Å². The van der Waals surface area contributed by atoms with Gasteiger partial charge < -0.3 is 15.0 Å². The molecule has 7 nitrogen and oxygen atoms in total. The smallest absolute Gasteiger partial charge is 0.416 e. The van der Waals surface area contributed by atoms with Crippen LogP contribution in [0.5, 0.6) is 0 Å². The van der Waals surface area contributed by atoms with Crippen molar-refractivity contribution in [3.63, 3.8) is 0 Å². The summed E-state index contributed by atoms with van der Waals surface area (Å²) in [7, 11) is 1.61. The molecule has 0 amide bonds. The molecular weight excluding hydrogens is 437 g/mol. The molecule has 1 aromatic carbocycles. The lowest BCUT2D eigenvalue weighted by Gasteiger charge is -2.16. The van der Waals surface area contributed by atoms with Gasteiger partial charge >= 0.3 is 6.18 Å². The third-order valence-electron chi connectivity index (χ3n) is 5.16. The fourth-order valence-corrected chi connectivity index (χ4v) is 3.63. The topological polar surface area (TPSA) is 97.1 Å². The van der Waals surface area contributed by atoms with E-state index in [-0.39, 0.29) is 18.1 Å². The standard InChI is InChI=1S/C20H19F3N4O.C2H6.CH2O2/c1-27-11-25-17-15(12-6-8-13(9-7-12)20(21,22)23)10-24-18(16(17)19(27)28)26-14-4-2-3-5-14;1-2;2-1-3/h6-11,14H,2-5H2,1H3,(H,24,26);1-2H3;1H,(H,2,3). The molecular formula is C23H27F3N4O3. The van der Waals surface area contributed by atoms with E-state index in [1.165, 1.54) is 23.0 Å². The number of aromatic nitrogens is 3. The van der Waals surface area contributed by atoms with E-state index < -0.39 is 11.7 Å². The number of carbonyl (C=O) groups is 1. The third kappa shape index (κ3) is 6.09. The Morgan fingerprint density at radius 3 is 2.24 bits per heavy atom. The molecule has 2 N–H and O–H groups in total. The van der Waals surface area contributed by atoms with Crippen molar-refractivity contribution >= 4 is 23.2 Å². The van der Waals surface area contributed by atoms with Crippen molar-refractivity contribution < 1.29 is 23.1 Å². The Balaban J connectivity index is 0.000000714. The van der Waals surface area contributed by atoms with Gasteiger partial charge in [0.25, 0.3) is 12.0 Å². The first-order chi connectivity index (χ1) is 15.8. The number of hydrogen-bond acceptors (Lipinski definition) is 5. The second kappa shape index (κ2) is 11.4. The summed E-state index contributed by atoms with van der Waals surface area (Å²) in [6, 6.07) is 5.06. The Morgan fingerprint density at radius 1 is 1.12 bits per heavy atom. The van der Waals surface area contributed by atoms with Crippen LogP contribution in [0, 0.1) is 0 Å². The number of anilines is 1. The van der Waals surface area contributed by atoms with Crippen LogP contribution in [0.3, 0.4) is 0 Å². The van der Waals surface area contributed by atoms with Crippen LogP contribution in [0.25, 0.3) is 22.0 Å². The van der Waals surface area contributed by atoms with E-state index in [9.17, 15) is 18.0 Å². The Bertz CT molecular complexity index is 1120. The van der Waals surface area contributed by atoms with Gasteiger partial charge in [-0.15, -0.1) is 0 Å². The van der Waals surface area contributed by atoms with E-state index in [0.717, 1.165) is 37.8 Å². The van der Waals surface area contributed by atoms with Crippen LogP contribution < -0.4 is 10.9 Å². The molecule has 3 aromatic rings. The number of nitrogens with one attached hydrogen (secondary N) is 1. The maximum Gasteiger partial charge on any atom is 0.416 e. The maximum absolute atomic E-state index is 12.8. The fourth-order valence-electron chi connectivity index (χ4n) is 3.63. The highest BCUT2D eigenvalue weighted by atomic mass is 19.4. The van der Waals surface area contributed by atoms with Gasteiger partial charge in [-0.1, -0.05) is 38.8 Å². The summed E-state index contributed by atoms with van der Waals surface area (Å²) in [5.41, 5.74) is 0.513. The van der Waals surface area contributed by atoms with E-state index in [2.05, 4.69) is 15.3 Å². The van der Waals surface area contributed by atoms with E-state index >= 15 is 0 Å². The lowest BCUT2D eigenvalue weighted by atomic mass is 10.0. The summed E-state index contributed by atoms with van der Waals surface area (Å²) in [6.45, 7) is 3.75. The fraction of sp³-hybridized carbons (Fsp3) is 0.391. The Labute approximate surface area is 189 Å². The highest BCUT2D eigenvalue weighted by molar-refractivity contribution is 5.98. The van der Waals surface area contributed by atoms with Crippen LogP contribution in [0.15, 0.2) is 41.6 Å². The van der Waals surface area contributed by atoms with E-state index in [1.807, 2.05) is 13.8 Å². The predicted molar refractivity (Wildman–Crippen MR) is 121 cm³/mol. The predicted octanol–water partition coefficient (Wildman–Crippen LogP) is 5.10. The van der Waals surface area contributed by atoms with E-state index in [4.69, 9.17) is 9.90 Å². The number of hydrogen-bond donors (Lipinski definition) is 2. The summed E-state index contributed by atoms with van der Waals surface area (Å²) >= 11 is 0. The molecule has 33 heavy (non-hydrogen) atoms. The molecule has 0 atom stereocenters. The number of fused-ring (bicyclic) bond motifs is 1. The normalized spacial score (nSPS) is 13.5. The molecule has 178 valence electrons. The molecule has 2 aromatic heterocycles. The van der Waals surface area contributed by atoms with Gasteiger partial charge in [0, 0.05) is 24.8 Å². The minimum atomic E-state index is -4.40. The number of halogens is 3. The monoisotopic (exact) mass is 464 g/mol. The van der Waals surface area contributed by atoms with Gasteiger partial charge in [0.15, 0.2) is 0 Å². The number of nitrogens with zero attached hydrogens (tertiary/aromatic N) is 3. The zero-order valence-electron chi connectivity index (χ0n) is 18.7. The summed E-state index contributed by atoms with van der Waals surface area (Å²) < 4.78 is 39.9. The van der Waals surface area contributed by atoms with Gasteiger partial charge in [-0.3, -0.25) is 9.59 Å². The van der Waals surface area contributed by atoms with Gasteiger partial charge in [-0.2, -0.15) is 13.2 Å². The molecule has 0 unspecified atom stereocenters. The molecule has 1 saturated carbocycles. The lowest BCUT2D eigenvalue weighted by Crippen LogP contribution is -2.22. The SMILES string of the molecule is CC.Cn1cnc2c(-c3ccc(C(F)(F)F)cc3)cnc(NC3CCCC3)c2c1=O.O=CO. The van der Waals surface area contributed by atoms with Crippen LogP contribution >= 0.6 is 0 Å². The lowest BCUT2D eigenvalue weighted by molar-refractivity contribution is -0.137. The molecule has 2 heterocycles. The minimum absolute atomic E-state index is 0.244. The summed E-state index contributed by atoms with van der Waals surface area (Å²) in [4.78, 5) is 30.0. The molecule has 0 spiro atoms. The molecule has 0 aliphatic heterocycles. The zero-order valence-corrected chi connectivity index (χ0v) is 18.7. The van der Waals surface area contributed by atoms with Crippen molar-refractivity contribution in [1.29, 1.82) is 0 Å². The molecule has 0 saturated heterocycles. The van der Waals surface area contributed by atoms with Crippen LogP contribution in [0.1, 0.15) is 45.1 Å². The van der Waals surface area contributed by atoms with Crippen LogP contribution in [0.2, 0.25) is 0 Å². The first kappa shape index (κ1) is 25.8. The van der Waals surface area contributed by atoms with Crippen molar-refractivity contribution in [1.82, 2.24) is 14.5 Å². The van der Waals surface area contributed by atoms with Crippen LogP contribution in [0.4, 0.5) is 19.0 Å². The van der Waals surface area contributed by atoms with Crippen molar-refractivity contribution in [2.45, 2.75) is 51.7 Å². The van der Waals surface area contributed by atoms with Gasteiger partial charge in [-0.25, -0.2) is 9.97 Å². The molecule has 1 aliphatic rings. The number of pyridine rings is 1. The highest BCUT2D eigenvalue weighted by Gasteiger charge is 2.30. The van der Waals surface area contributed by atoms with E-state index in [1.54, 1.807) is 13.2 Å². The Morgan fingerprint density at radius 2 is 1.70 bits per heavy atom.